The van der Waals surface area contributed by atoms with Crippen molar-refractivity contribution in [2.45, 2.75) is 18.9 Å². The highest BCUT2D eigenvalue weighted by molar-refractivity contribution is 5.65. The van der Waals surface area contributed by atoms with Crippen LogP contribution in [0.3, 0.4) is 0 Å². The van der Waals surface area contributed by atoms with Crippen molar-refractivity contribution in [3.05, 3.63) is 0 Å². The molecule has 1 amide bonds. The Morgan fingerprint density at radius 3 is 3.09 bits per heavy atom. The van der Waals surface area contributed by atoms with Crippen molar-refractivity contribution in [1.82, 2.24) is 4.90 Å². The first-order valence-electron chi connectivity index (χ1n) is 3.57. The SMILES string of the molecule is NOCC1CCCN1C(=O)O. The molecule has 0 aliphatic carbocycles. The molecule has 0 saturated carbocycles. The number of likely N-dealkylation sites (tertiary alicyclic amines) is 1. The Hall–Kier alpha value is -0.810. The molecule has 0 spiro atoms. The van der Waals surface area contributed by atoms with Gasteiger partial charge >= 0.3 is 6.09 Å². The number of hydrogen-bond donors (Lipinski definition) is 2. The average Bonchev–Trinajstić information content (AvgIpc) is 2.36. The van der Waals surface area contributed by atoms with Gasteiger partial charge in [-0.25, -0.2) is 10.7 Å². The van der Waals surface area contributed by atoms with Crippen LogP contribution in [-0.4, -0.2) is 35.3 Å². The lowest BCUT2D eigenvalue weighted by molar-refractivity contribution is 0.0733. The van der Waals surface area contributed by atoms with E-state index < -0.39 is 6.09 Å². The monoisotopic (exact) mass is 160 g/mol. The minimum absolute atomic E-state index is 0.0440. The zero-order chi connectivity index (χ0) is 8.27. The second kappa shape index (κ2) is 3.54. The van der Waals surface area contributed by atoms with Crippen LogP contribution in [-0.2, 0) is 4.84 Å². The lowest BCUT2D eigenvalue weighted by atomic mass is 10.2. The minimum atomic E-state index is -0.885. The van der Waals surface area contributed by atoms with Gasteiger partial charge in [-0.1, -0.05) is 0 Å². The molecule has 1 aliphatic heterocycles. The van der Waals surface area contributed by atoms with Gasteiger partial charge in [0.25, 0.3) is 0 Å². The highest BCUT2D eigenvalue weighted by Crippen LogP contribution is 2.16. The zero-order valence-electron chi connectivity index (χ0n) is 6.19. The third-order valence-corrected chi connectivity index (χ3v) is 1.91. The van der Waals surface area contributed by atoms with E-state index in [1.165, 1.54) is 4.90 Å². The van der Waals surface area contributed by atoms with Crippen LogP contribution >= 0.6 is 0 Å². The fourth-order valence-electron chi connectivity index (χ4n) is 1.37. The Balaban J connectivity index is 2.44. The number of nitrogens with zero attached hydrogens (tertiary/aromatic N) is 1. The number of carboxylic acid groups (broad SMARTS) is 1. The van der Waals surface area contributed by atoms with Crippen molar-refractivity contribution in [3.8, 4) is 0 Å². The van der Waals surface area contributed by atoms with Gasteiger partial charge in [0.05, 0.1) is 12.6 Å². The summed E-state index contributed by atoms with van der Waals surface area (Å²) in [5.74, 6) is 4.85. The number of nitrogens with two attached hydrogens (primary N) is 1. The highest BCUT2D eigenvalue weighted by atomic mass is 16.6. The van der Waals surface area contributed by atoms with E-state index in [1.54, 1.807) is 0 Å². The van der Waals surface area contributed by atoms with E-state index in [9.17, 15) is 4.79 Å². The summed E-state index contributed by atoms with van der Waals surface area (Å²) in [7, 11) is 0. The zero-order valence-corrected chi connectivity index (χ0v) is 6.19. The summed E-state index contributed by atoms with van der Waals surface area (Å²) in [5.41, 5.74) is 0. The Labute approximate surface area is 64.7 Å². The lowest BCUT2D eigenvalue weighted by Gasteiger charge is -2.19. The van der Waals surface area contributed by atoms with E-state index in [0.29, 0.717) is 13.2 Å². The second-order valence-corrected chi connectivity index (χ2v) is 2.61. The molecule has 1 atom stereocenters. The van der Waals surface area contributed by atoms with Crippen LogP contribution in [0.15, 0.2) is 0 Å². The van der Waals surface area contributed by atoms with Gasteiger partial charge in [0.15, 0.2) is 0 Å². The van der Waals surface area contributed by atoms with Crippen molar-refractivity contribution >= 4 is 6.09 Å². The van der Waals surface area contributed by atoms with E-state index in [2.05, 4.69) is 4.84 Å². The third-order valence-electron chi connectivity index (χ3n) is 1.91. The summed E-state index contributed by atoms with van der Waals surface area (Å²) in [6.07, 6.45) is 0.869. The van der Waals surface area contributed by atoms with Crippen LogP contribution in [0.5, 0.6) is 0 Å². The van der Waals surface area contributed by atoms with Gasteiger partial charge in [-0.05, 0) is 12.8 Å². The molecule has 3 N–H and O–H groups in total. The Kier molecular flexibility index (Phi) is 2.67. The molecule has 1 aliphatic rings. The summed E-state index contributed by atoms with van der Waals surface area (Å²) in [5, 5.41) is 8.64. The molecular weight excluding hydrogens is 148 g/mol. The number of rotatable bonds is 2. The lowest BCUT2D eigenvalue weighted by Crippen LogP contribution is -2.37. The molecule has 0 bridgehead atoms. The first kappa shape index (κ1) is 8.29. The predicted molar refractivity (Wildman–Crippen MR) is 37.9 cm³/mol. The van der Waals surface area contributed by atoms with E-state index in [-0.39, 0.29) is 6.04 Å². The maximum atomic E-state index is 10.5. The molecule has 5 nitrogen and oxygen atoms in total. The molecule has 1 saturated heterocycles. The Morgan fingerprint density at radius 2 is 2.55 bits per heavy atom. The predicted octanol–water partition coefficient (Wildman–Crippen LogP) is 0.0191. The minimum Gasteiger partial charge on any atom is -0.465 e. The maximum absolute atomic E-state index is 10.5. The molecular formula is C6H12N2O3. The number of amides is 1. The molecule has 1 fully saturated rings. The summed E-state index contributed by atoms with van der Waals surface area (Å²) in [6, 6.07) is -0.0440. The molecule has 11 heavy (non-hydrogen) atoms. The molecule has 1 unspecified atom stereocenters. The topological polar surface area (TPSA) is 75.8 Å². The van der Waals surface area contributed by atoms with Crippen molar-refractivity contribution in [2.24, 2.45) is 5.90 Å². The maximum Gasteiger partial charge on any atom is 0.407 e. The number of carbonyl (C=O) groups is 1. The molecule has 1 rings (SSSR count). The van der Waals surface area contributed by atoms with Gasteiger partial charge in [-0.3, -0.25) is 0 Å². The van der Waals surface area contributed by atoms with Gasteiger partial charge in [0, 0.05) is 6.54 Å². The quantitative estimate of drug-likeness (QED) is 0.558. The largest absolute Gasteiger partial charge is 0.465 e. The Bertz CT molecular complexity index is 151. The summed E-state index contributed by atoms with van der Waals surface area (Å²) >= 11 is 0. The highest BCUT2D eigenvalue weighted by Gasteiger charge is 2.28. The van der Waals surface area contributed by atoms with Crippen LogP contribution in [0.25, 0.3) is 0 Å². The second-order valence-electron chi connectivity index (χ2n) is 2.61. The van der Waals surface area contributed by atoms with Gasteiger partial charge < -0.3 is 14.8 Å². The van der Waals surface area contributed by atoms with E-state index in [0.717, 1.165) is 12.8 Å². The summed E-state index contributed by atoms with van der Waals surface area (Å²) in [6.45, 7) is 0.898. The van der Waals surface area contributed by atoms with Crippen molar-refractivity contribution in [1.29, 1.82) is 0 Å². The fraction of sp³-hybridized carbons (Fsp3) is 0.833. The van der Waals surface area contributed by atoms with Crippen LogP contribution in [0.2, 0.25) is 0 Å². The standard InChI is InChI=1S/C6H12N2O3/c7-11-4-5-2-1-3-8(5)6(9)10/h5H,1-4,7H2,(H,9,10). The molecule has 1 heterocycles. The van der Waals surface area contributed by atoms with E-state index in [4.69, 9.17) is 11.0 Å². The Morgan fingerprint density at radius 1 is 1.82 bits per heavy atom. The van der Waals surface area contributed by atoms with E-state index in [1.807, 2.05) is 0 Å². The molecule has 5 heteroatoms. The number of hydrogen-bond acceptors (Lipinski definition) is 3. The van der Waals surface area contributed by atoms with Crippen molar-refractivity contribution in [2.75, 3.05) is 13.2 Å². The van der Waals surface area contributed by atoms with Crippen LogP contribution in [0, 0.1) is 0 Å². The molecule has 64 valence electrons. The normalized spacial score (nSPS) is 24.1. The smallest absolute Gasteiger partial charge is 0.407 e. The van der Waals surface area contributed by atoms with Gasteiger partial charge in [0.2, 0.25) is 0 Å². The summed E-state index contributed by atoms with van der Waals surface area (Å²) in [4.78, 5) is 16.3. The first-order valence-corrected chi connectivity index (χ1v) is 3.57. The fourth-order valence-corrected chi connectivity index (χ4v) is 1.37. The van der Waals surface area contributed by atoms with Gasteiger partial charge in [-0.15, -0.1) is 0 Å². The summed E-state index contributed by atoms with van der Waals surface area (Å²) < 4.78 is 0. The van der Waals surface area contributed by atoms with Crippen molar-refractivity contribution < 1.29 is 14.7 Å². The van der Waals surface area contributed by atoms with Crippen LogP contribution < -0.4 is 5.90 Å². The van der Waals surface area contributed by atoms with E-state index >= 15 is 0 Å². The molecule has 0 radical (unpaired) electrons. The van der Waals surface area contributed by atoms with Crippen LogP contribution in [0.4, 0.5) is 4.79 Å². The van der Waals surface area contributed by atoms with Crippen molar-refractivity contribution in [3.63, 3.8) is 0 Å². The third kappa shape index (κ3) is 1.81. The molecule has 0 aromatic heterocycles. The average molecular weight is 160 g/mol. The molecule has 0 aromatic carbocycles. The van der Waals surface area contributed by atoms with Gasteiger partial charge in [0.1, 0.15) is 0 Å². The first-order chi connectivity index (χ1) is 5.25. The van der Waals surface area contributed by atoms with Crippen LogP contribution in [0.1, 0.15) is 12.8 Å². The van der Waals surface area contributed by atoms with Gasteiger partial charge in [-0.2, -0.15) is 0 Å². The molecule has 0 aromatic rings.